The van der Waals surface area contributed by atoms with Gasteiger partial charge in [0.2, 0.25) is 0 Å². The minimum atomic E-state index is 0.866. The molecule has 0 spiro atoms. The summed E-state index contributed by atoms with van der Waals surface area (Å²) in [6.07, 6.45) is 0. The first-order valence-electron chi connectivity index (χ1n) is 20.5. The van der Waals surface area contributed by atoms with Gasteiger partial charge in [0.25, 0.3) is 0 Å². The molecule has 0 amide bonds. The molecule has 2 heteroatoms. The molecule has 1 heterocycles. The third-order valence-corrected chi connectivity index (χ3v) is 11.7. The zero-order chi connectivity index (χ0) is 39.8. The van der Waals surface area contributed by atoms with Crippen molar-refractivity contribution < 1.29 is 4.42 Å². The van der Waals surface area contributed by atoms with Gasteiger partial charge in [0.05, 0.1) is 0 Å². The summed E-state index contributed by atoms with van der Waals surface area (Å²) < 4.78 is 6.40. The van der Waals surface area contributed by atoms with E-state index in [1.165, 1.54) is 55.3 Å². The molecule has 0 saturated carbocycles. The van der Waals surface area contributed by atoms with Crippen LogP contribution in [0.15, 0.2) is 241 Å². The molecule has 0 unspecified atom stereocenters. The van der Waals surface area contributed by atoms with Crippen molar-refractivity contribution in [3.8, 4) is 55.6 Å². The molecular weight excluding hydrogens is 727 g/mol. The molecule has 0 atom stereocenters. The Hall–Kier alpha value is -7.94. The average molecular weight is 766 g/mol. The highest BCUT2D eigenvalue weighted by molar-refractivity contribution is 6.06. The summed E-state index contributed by atoms with van der Waals surface area (Å²) in [6.45, 7) is 0. The fourth-order valence-corrected chi connectivity index (χ4v) is 8.54. The number of para-hydroxylation sites is 1. The van der Waals surface area contributed by atoms with Gasteiger partial charge in [0.1, 0.15) is 11.2 Å². The van der Waals surface area contributed by atoms with E-state index < -0.39 is 0 Å². The lowest BCUT2D eigenvalue weighted by atomic mass is 9.96. The summed E-state index contributed by atoms with van der Waals surface area (Å²) in [4.78, 5) is 2.33. The van der Waals surface area contributed by atoms with Crippen molar-refractivity contribution in [1.29, 1.82) is 0 Å². The maximum Gasteiger partial charge on any atom is 0.137 e. The Morgan fingerprint density at radius 1 is 0.233 bits per heavy atom. The molecule has 282 valence electrons. The second-order valence-corrected chi connectivity index (χ2v) is 15.4. The van der Waals surface area contributed by atoms with E-state index in [1.807, 2.05) is 12.1 Å². The summed E-state index contributed by atoms with van der Waals surface area (Å²) in [5.41, 5.74) is 16.8. The first kappa shape index (κ1) is 35.2. The molecule has 1 aromatic heterocycles. The van der Waals surface area contributed by atoms with Crippen LogP contribution in [-0.2, 0) is 0 Å². The predicted molar refractivity (Wildman–Crippen MR) is 253 cm³/mol. The number of rotatable bonds is 8. The van der Waals surface area contributed by atoms with E-state index in [2.05, 4.69) is 229 Å². The molecule has 0 saturated heterocycles. The van der Waals surface area contributed by atoms with Crippen LogP contribution in [0.25, 0.3) is 88.3 Å². The highest BCUT2D eigenvalue weighted by Gasteiger charge is 2.17. The lowest BCUT2D eigenvalue weighted by Crippen LogP contribution is -2.10. The molecule has 0 aliphatic carbocycles. The molecule has 0 radical (unpaired) electrons. The Balaban J connectivity index is 0.928. The molecule has 2 nitrogen and oxygen atoms in total. The van der Waals surface area contributed by atoms with Crippen LogP contribution in [0.2, 0.25) is 0 Å². The first-order chi connectivity index (χ1) is 29.7. The molecule has 0 aliphatic rings. The fourth-order valence-electron chi connectivity index (χ4n) is 8.54. The lowest BCUT2D eigenvalue weighted by Gasteiger charge is -2.26. The van der Waals surface area contributed by atoms with Crippen LogP contribution in [0.1, 0.15) is 0 Å². The Bertz CT molecular complexity index is 3310. The number of fused-ring (bicyclic) bond motifs is 4. The number of hydrogen-bond donors (Lipinski definition) is 0. The largest absolute Gasteiger partial charge is 0.456 e. The summed E-state index contributed by atoms with van der Waals surface area (Å²) in [5, 5.41) is 4.75. The quantitative estimate of drug-likeness (QED) is 0.153. The lowest BCUT2D eigenvalue weighted by molar-refractivity contribution is 0.669. The summed E-state index contributed by atoms with van der Waals surface area (Å²) in [5.74, 6) is 0. The highest BCUT2D eigenvalue weighted by atomic mass is 16.3. The Morgan fingerprint density at radius 2 is 0.683 bits per heavy atom. The van der Waals surface area contributed by atoms with Crippen LogP contribution in [0, 0.1) is 0 Å². The van der Waals surface area contributed by atoms with Gasteiger partial charge in [-0.3, -0.25) is 0 Å². The van der Waals surface area contributed by atoms with Gasteiger partial charge < -0.3 is 9.32 Å². The summed E-state index contributed by atoms with van der Waals surface area (Å²) in [7, 11) is 0. The number of anilines is 3. The predicted octanol–water partition coefficient (Wildman–Crippen LogP) is 16.5. The van der Waals surface area contributed by atoms with Crippen molar-refractivity contribution in [2.45, 2.75) is 0 Å². The van der Waals surface area contributed by atoms with E-state index in [0.29, 0.717) is 0 Å². The molecule has 10 aromatic carbocycles. The maximum absolute atomic E-state index is 6.40. The van der Waals surface area contributed by atoms with E-state index in [-0.39, 0.29) is 0 Å². The summed E-state index contributed by atoms with van der Waals surface area (Å²) >= 11 is 0. The zero-order valence-corrected chi connectivity index (χ0v) is 32.9. The average Bonchev–Trinajstić information content (AvgIpc) is 3.70. The third-order valence-electron chi connectivity index (χ3n) is 11.7. The molecule has 60 heavy (non-hydrogen) atoms. The van der Waals surface area contributed by atoms with Crippen molar-refractivity contribution in [3.05, 3.63) is 237 Å². The molecule has 11 rings (SSSR count). The standard InChI is InChI=1S/C58H39NO/c1-2-11-40(12-3-1)46-15-8-17-48(35-46)50-19-10-20-53(38-50)59(54-33-34-56-55-21-6-7-22-57(55)60-58(56)39-54)52-31-29-43(30-32-52)42-23-25-44(26-24-42)47-16-9-18-49(36-47)51-28-27-41-13-4-5-14-45(41)37-51/h1-39H. The van der Waals surface area contributed by atoms with Crippen LogP contribution in [0.5, 0.6) is 0 Å². The normalized spacial score (nSPS) is 11.3. The van der Waals surface area contributed by atoms with E-state index >= 15 is 0 Å². The van der Waals surface area contributed by atoms with E-state index in [9.17, 15) is 0 Å². The van der Waals surface area contributed by atoms with Crippen LogP contribution >= 0.6 is 0 Å². The van der Waals surface area contributed by atoms with E-state index in [4.69, 9.17) is 4.42 Å². The van der Waals surface area contributed by atoms with Crippen molar-refractivity contribution in [2.75, 3.05) is 4.90 Å². The van der Waals surface area contributed by atoms with Gasteiger partial charge in [-0.1, -0.05) is 170 Å². The smallest absolute Gasteiger partial charge is 0.137 e. The molecule has 0 bridgehead atoms. The van der Waals surface area contributed by atoms with Crippen molar-refractivity contribution >= 4 is 49.8 Å². The number of benzene rings is 10. The maximum atomic E-state index is 6.40. The number of furan rings is 1. The van der Waals surface area contributed by atoms with Gasteiger partial charge in [0, 0.05) is 33.9 Å². The zero-order valence-electron chi connectivity index (χ0n) is 32.9. The molecule has 11 aromatic rings. The first-order valence-corrected chi connectivity index (χ1v) is 20.5. The topological polar surface area (TPSA) is 16.4 Å². The van der Waals surface area contributed by atoms with Crippen LogP contribution in [-0.4, -0.2) is 0 Å². The van der Waals surface area contributed by atoms with Gasteiger partial charge in [-0.05, 0) is 127 Å². The van der Waals surface area contributed by atoms with Gasteiger partial charge in [-0.25, -0.2) is 0 Å². The molecule has 0 N–H and O–H groups in total. The van der Waals surface area contributed by atoms with Crippen molar-refractivity contribution in [2.24, 2.45) is 0 Å². The monoisotopic (exact) mass is 765 g/mol. The highest BCUT2D eigenvalue weighted by Crippen LogP contribution is 2.41. The van der Waals surface area contributed by atoms with Crippen LogP contribution in [0.4, 0.5) is 17.1 Å². The van der Waals surface area contributed by atoms with E-state index in [1.54, 1.807) is 0 Å². The molecule has 0 aliphatic heterocycles. The number of hydrogen-bond acceptors (Lipinski definition) is 2. The molecular formula is C58H39NO. The van der Waals surface area contributed by atoms with Gasteiger partial charge in [-0.2, -0.15) is 0 Å². The fraction of sp³-hybridized carbons (Fsp3) is 0. The minimum absolute atomic E-state index is 0.866. The van der Waals surface area contributed by atoms with Gasteiger partial charge >= 0.3 is 0 Å². The molecule has 0 fully saturated rings. The second kappa shape index (κ2) is 15.1. The van der Waals surface area contributed by atoms with Gasteiger partial charge in [-0.15, -0.1) is 0 Å². The summed E-state index contributed by atoms with van der Waals surface area (Å²) in [6, 6.07) is 84.9. The Labute approximate surface area is 349 Å². The third kappa shape index (κ3) is 6.70. The number of nitrogens with zero attached hydrogens (tertiary/aromatic N) is 1. The Morgan fingerprint density at radius 3 is 1.40 bits per heavy atom. The van der Waals surface area contributed by atoms with Crippen molar-refractivity contribution in [3.63, 3.8) is 0 Å². The van der Waals surface area contributed by atoms with Crippen LogP contribution in [0.3, 0.4) is 0 Å². The van der Waals surface area contributed by atoms with Gasteiger partial charge in [0.15, 0.2) is 0 Å². The van der Waals surface area contributed by atoms with E-state index in [0.717, 1.165) is 50.1 Å². The SMILES string of the molecule is c1ccc(-c2cccc(-c3cccc(N(c4ccc(-c5ccc(-c6cccc(-c7ccc8ccccc8c7)c6)cc5)cc4)c4ccc5c(c4)oc4ccccc45)c3)c2)cc1. The second-order valence-electron chi connectivity index (χ2n) is 15.4. The Kier molecular flexibility index (Phi) is 8.87. The van der Waals surface area contributed by atoms with Crippen molar-refractivity contribution in [1.82, 2.24) is 0 Å². The van der Waals surface area contributed by atoms with Crippen LogP contribution < -0.4 is 4.90 Å². The minimum Gasteiger partial charge on any atom is -0.456 e.